The van der Waals surface area contributed by atoms with Crippen LogP contribution in [0, 0.1) is 0 Å². The van der Waals surface area contributed by atoms with E-state index in [4.69, 9.17) is 5.73 Å². The Hall–Kier alpha value is -3.91. The van der Waals surface area contributed by atoms with Gasteiger partial charge < -0.3 is 25.4 Å². The molecule has 0 unspecified atom stereocenters. The highest BCUT2D eigenvalue weighted by Crippen LogP contribution is 2.25. The maximum absolute atomic E-state index is 11.9. The summed E-state index contributed by atoms with van der Waals surface area (Å²) in [5, 5.41) is 4.07. The van der Waals surface area contributed by atoms with Crippen molar-refractivity contribution in [3.05, 3.63) is 72.6 Å². The van der Waals surface area contributed by atoms with Crippen LogP contribution in [-0.2, 0) is 0 Å². The molecule has 1 aliphatic rings. The van der Waals surface area contributed by atoms with E-state index in [1.54, 1.807) is 18.5 Å². The molecule has 0 spiro atoms. The zero-order valence-corrected chi connectivity index (χ0v) is 17.9. The van der Waals surface area contributed by atoms with Crippen LogP contribution in [0.5, 0.6) is 0 Å². The van der Waals surface area contributed by atoms with Gasteiger partial charge in [0.05, 0.1) is 11.1 Å². The van der Waals surface area contributed by atoms with E-state index in [9.17, 15) is 4.79 Å². The number of primary amides is 1. The topological polar surface area (TPSA) is 92.3 Å². The van der Waals surface area contributed by atoms with Crippen molar-refractivity contribution in [2.45, 2.75) is 0 Å². The first-order valence-electron chi connectivity index (χ1n) is 10.6. The molecule has 4 aromatic rings. The molecule has 3 heterocycles. The second-order valence-electron chi connectivity index (χ2n) is 7.99. The number of hydrogen-bond acceptors (Lipinski definition) is 6. The summed E-state index contributed by atoms with van der Waals surface area (Å²) in [7, 11) is 2.16. The summed E-state index contributed by atoms with van der Waals surface area (Å²) in [5.74, 6) is 0.668. The molecule has 5 rings (SSSR count). The average molecular weight is 428 g/mol. The molecule has 1 aliphatic heterocycles. The summed E-state index contributed by atoms with van der Waals surface area (Å²) in [4.78, 5) is 25.6. The van der Waals surface area contributed by atoms with Crippen LogP contribution in [0.3, 0.4) is 0 Å². The molecule has 3 N–H and O–H groups in total. The SMILES string of the molecule is CN1CCN(c2ccc(Nc3nccc(-n4cc(C(N)=O)c5ccccc54)n3)cc2)CC1. The van der Waals surface area contributed by atoms with Crippen molar-refractivity contribution >= 4 is 34.1 Å². The summed E-state index contributed by atoms with van der Waals surface area (Å²) in [6, 6.07) is 17.8. The van der Waals surface area contributed by atoms with E-state index in [2.05, 4.69) is 44.3 Å². The molecule has 0 bridgehead atoms. The quantitative estimate of drug-likeness (QED) is 0.509. The average Bonchev–Trinajstić information content (AvgIpc) is 3.21. The van der Waals surface area contributed by atoms with Crippen LogP contribution >= 0.6 is 0 Å². The number of rotatable bonds is 5. The fourth-order valence-electron chi connectivity index (χ4n) is 4.06. The highest BCUT2D eigenvalue weighted by atomic mass is 16.1. The van der Waals surface area contributed by atoms with Gasteiger partial charge in [0.2, 0.25) is 5.95 Å². The number of anilines is 3. The Morgan fingerprint density at radius 1 is 1.00 bits per heavy atom. The molecule has 1 saturated heterocycles. The predicted molar refractivity (Wildman–Crippen MR) is 127 cm³/mol. The number of nitrogens with one attached hydrogen (secondary N) is 1. The van der Waals surface area contributed by atoms with E-state index in [0.29, 0.717) is 17.3 Å². The summed E-state index contributed by atoms with van der Waals surface area (Å²) in [5.41, 5.74) is 9.03. The molecule has 0 saturated carbocycles. The number of likely N-dealkylation sites (N-methyl/N-ethyl adjacent to an activating group) is 1. The van der Waals surface area contributed by atoms with Crippen LogP contribution < -0.4 is 16.0 Å². The number of amides is 1. The molecule has 8 heteroatoms. The van der Waals surface area contributed by atoms with E-state index < -0.39 is 5.91 Å². The third-order valence-corrected chi connectivity index (χ3v) is 5.86. The summed E-state index contributed by atoms with van der Waals surface area (Å²) in [6.45, 7) is 4.22. The molecule has 8 nitrogen and oxygen atoms in total. The first kappa shape index (κ1) is 20.0. The van der Waals surface area contributed by atoms with Crippen molar-refractivity contribution < 1.29 is 4.79 Å². The van der Waals surface area contributed by atoms with Gasteiger partial charge in [-0.25, -0.2) is 4.98 Å². The molecule has 0 atom stereocenters. The summed E-state index contributed by atoms with van der Waals surface area (Å²) < 4.78 is 1.86. The number of hydrogen-bond donors (Lipinski definition) is 2. The number of nitrogens with two attached hydrogens (primary N) is 1. The number of para-hydroxylation sites is 1. The maximum Gasteiger partial charge on any atom is 0.250 e. The predicted octanol–water partition coefficient (Wildman–Crippen LogP) is 3.01. The van der Waals surface area contributed by atoms with Gasteiger partial charge >= 0.3 is 0 Å². The number of fused-ring (bicyclic) bond motifs is 1. The van der Waals surface area contributed by atoms with Gasteiger partial charge in [0.25, 0.3) is 5.91 Å². The Bertz CT molecular complexity index is 1260. The molecule has 1 fully saturated rings. The van der Waals surface area contributed by atoms with Gasteiger partial charge in [-0.15, -0.1) is 0 Å². The first-order valence-corrected chi connectivity index (χ1v) is 10.6. The Labute approximate surface area is 186 Å². The van der Waals surface area contributed by atoms with Gasteiger partial charge in [0.1, 0.15) is 5.82 Å². The Balaban J connectivity index is 1.38. The van der Waals surface area contributed by atoms with Gasteiger partial charge in [-0.1, -0.05) is 18.2 Å². The summed E-state index contributed by atoms with van der Waals surface area (Å²) >= 11 is 0. The van der Waals surface area contributed by atoms with E-state index >= 15 is 0 Å². The van der Waals surface area contributed by atoms with Gasteiger partial charge in [0.15, 0.2) is 0 Å². The smallest absolute Gasteiger partial charge is 0.250 e. The Morgan fingerprint density at radius 3 is 2.50 bits per heavy atom. The minimum Gasteiger partial charge on any atom is -0.369 e. The molecule has 1 amide bonds. The lowest BCUT2D eigenvalue weighted by molar-refractivity contribution is 0.100. The van der Waals surface area contributed by atoms with Crippen LogP contribution in [0.15, 0.2) is 67.0 Å². The van der Waals surface area contributed by atoms with Crippen molar-refractivity contribution in [2.75, 3.05) is 43.4 Å². The normalized spacial score (nSPS) is 14.6. The zero-order chi connectivity index (χ0) is 22.1. The first-order chi connectivity index (χ1) is 15.6. The number of carbonyl (C=O) groups excluding carboxylic acids is 1. The minimum atomic E-state index is -0.465. The largest absolute Gasteiger partial charge is 0.369 e. The maximum atomic E-state index is 11.9. The van der Waals surface area contributed by atoms with Crippen molar-refractivity contribution in [3.8, 4) is 5.82 Å². The molecular formula is C24H25N7O. The molecule has 2 aromatic heterocycles. The van der Waals surface area contributed by atoms with Crippen LogP contribution in [0.25, 0.3) is 16.7 Å². The van der Waals surface area contributed by atoms with E-state index in [1.807, 2.05) is 41.0 Å². The fourth-order valence-corrected chi connectivity index (χ4v) is 4.06. The Kier molecular flexibility index (Phi) is 5.20. The van der Waals surface area contributed by atoms with Crippen LogP contribution in [0.4, 0.5) is 17.3 Å². The second kappa shape index (κ2) is 8.32. The van der Waals surface area contributed by atoms with Crippen LogP contribution in [0.2, 0.25) is 0 Å². The van der Waals surface area contributed by atoms with E-state index in [0.717, 1.165) is 42.8 Å². The number of carbonyl (C=O) groups is 1. The molecule has 162 valence electrons. The zero-order valence-electron chi connectivity index (χ0n) is 17.9. The summed E-state index contributed by atoms with van der Waals surface area (Å²) in [6.07, 6.45) is 3.42. The highest BCUT2D eigenvalue weighted by molar-refractivity contribution is 6.06. The number of nitrogens with zero attached hydrogens (tertiary/aromatic N) is 5. The van der Waals surface area contributed by atoms with Crippen molar-refractivity contribution in [1.82, 2.24) is 19.4 Å². The second-order valence-corrected chi connectivity index (χ2v) is 7.99. The minimum absolute atomic E-state index is 0.465. The molecular weight excluding hydrogens is 402 g/mol. The van der Waals surface area contributed by atoms with Gasteiger partial charge in [-0.2, -0.15) is 4.98 Å². The third-order valence-electron chi connectivity index (χ3n) is 5.86. The highest BCUT2D eigenvalue weighted by Gasteiger charge is 2.15. The monoisotopic (exact) mass is 427 g/mol. The van der Waals surface area contributed by atoms with E-state index in [1.165, 1.54) is 5.69 Å². The third kappa shape index (κ3) is 3.88. The van der Waals surface area contributed by atoms with Crippen molar-refractivity contribution in [1.29, 1.82) is 0 Å². The van der Waals surface area contributed by atoms with Crippen LogP contribution in [0.1, 0.15) is 10.4 Å². The molecule has 32 heavy (non-hydrogen) atoms. The van der Waals surface area contributed by atoms with Crippen LogP contribution in [-0.4, -0.2) is 58.6 Å². The van der Waals surface area contributed by atoms with Crippen molar-refractivity contribution in [2.24, 2.45) is 5.73 Å². The van der Waals surface area contributed by atoms with Gasteiger partial charge in [-0.3, -0.25) is 4.79 Å². The number of benzene rings is 2. The number of piperazine rings is 1. The van der Waals surface area contributed by atoms with E-state index in [-0.39, 0.29) is 0 Å². The van der Waals surface area contributed by atoms with Gasteiger partial charge in [-0.05, 0) is 43.4 Å². The molecule has 0 aliphatic carbocycles. The molecule has 0 radical (unpaired) electrons. The molecule has 2 aromatic carbocycles. The lowest BCUT2D eigenvalue weighted by atomic mass is 10.2. The standard InChI is InChI=1S/C24H25N7O/c1-29-12-14-30(15-13-29)18-8-6-17(7-9-18)27-24-26-11-10-22(28-24)31-16-20(23(25)32)19-4-2-3-5-21(19)31/h2-11,16H,12-15H2,1H3,(H2,25,32)(H,26,27,28). The van der Waals surface area contributed by atoms with Crippen molar-refractivity contribution in [3.63, 3.8) is 0 Å². The number of aromatic nitrogens is 3. The fraction of sp³-hybridized carbons (Fsp3) is 0.208. The Morgan fingerprint density at radius 2 is 1.75 bits per heavy atom. The lowest BCUT2D eigenvalue weighted by Crippen LogP contribution is -2.44. The van der Waals surface area contributed by atoms with Gasteiger partial charge in [0, 0.05) is 55.3 Å². The lowest BCUT2D eigenvalue weighted by Gasteiger charge is -2.34.